The normalized spacial score (nSPS) is 41.7. The predicted molar refractivity (Wildman–Crippen MR) is 128 cm³/mol. The van der Waals surface area contributed by atoms with Crippen molar-refractivity contribution in [2.24, 2.45) is 34.0 Å². The molecule has 4 rings (SSSR count). The molecule has 33 heavy (non-hydrogen) atoms. The second kappa shape index (κ2) is 8.25. The van der Waals surface area contributed by atoms with E-state index in [4.69, 9.17) is 9.47 Å². The van der Waals surface area contributed by atoms with E-state index in [0.29, 0.717) is 37.0 Å². The topological polar surface area (TPSA) is 93.1 Å². The Bertz CT molecular complexity index is 884. The molecule has 0 aromatic rings. The lowest BCUT2D eigenvalue weighted by molar-refractivity contribution is -0.212. The molecule has 7 heteroatoms. The van der Waals surface area contributed by atoms with Crippen LogP contribution in [0.5, 0.6) is 0 Å². The summed E-state index contributed by atoms with van der Waals surface area (Å²) >= 11 is 0. The van der Waals surface area contributed by atoms with Gasteiger partial charge in [-0.05, 0) is 54.6 Å². The van der Waals surface area contributed by atoms with E-state index < -0.39 is 36.5 Å². The van der Waals surface area contributed by atoms with Crippen LogP contribution in [-0.4, -0.2) is 62.2 Å². The van der Waals surface area contributed by atoms with Crippen LogP contribution >= 0.6 is 0 Å². The Hall–Kier alpha value is -1.08. The molecule has 184 valence electrons. The van der Waals surface area contributed by atoms with Crippen molar-refractivity contribution in [3.05, 3.63) is 17.7 Å². The van der Waals surface area contributed by atoms with Crippen molar-refractivity contribution in [2.75, 3.05) is 20.0 Å². The van der Waals surface area contributed by atoms with Crippen LogP contribution in [0.15, 0.2) is 17.7 Å². The molecule has 7 atom stereocenters. The lowest BCUT2D eigenvalue weighted by Crippen LogP contribution is -2.67. The zero-order valence-corrected chi connectivity index (χ0v) is 21.8. The van der Waals surface area contributed by atoms with Gasteiger partial charge >= 0.3 is 0 Å². The lowest BCUT2D eigenvalue weighted by Gasteiger charge is -2.59. The number of hydrogen-bond donors (Lipinski definition) is 2. The third kappa shape index (κ3) is 3.50. The molecule has 0 heterocycles. The second-order valence-corrected chi connectivity index (χ2v) is 18.4. The zero-order valence-electron chi connectivity index (χ0n) is 20.8. The van der Waals surface area contributed by atoms with Crippen molar-refractivity contribution >= 4 is 19.8 Å². The number of Topliss-reactive ketones (excluding diaryl/α,β-unsaturated/α-hetero) is 1. The minimum atomic E-state index is -1.26. The summed E-state index contributed by atoms with van der Waals surface area (Å²) in [6.45, 7) is 15.3. The minimum absolute atomic E-state index is 0.0175. The fourth-order valence-electron chi connectivity index (χ4n) is 7.88. The molecule has 0 unspecified atom stereocenters. The molecule has 4 aliphatic rings. The maximum atomic E-state index is 14.2. The van der Waals surface area contributed by atoms with E-state index in [9.17, 15) is 19.8 Å². The van der Waals surface area contributed by atoms with Crippen molar-refractivity contribution in [2.45, 2.75) is 77.4 Å². The monoisotopic (exact) mass is 476 g/mol. The highest BCUT2D eigenvalue weighted by atomic mass is 28.3. The quantitative estimate of drug-likeness (QED) is 0.192. The van der Waals surface area contributed by atoms with Gasteiger partial charge in [0.2, 0.25) is 0 Å². The van der Waals surface area contributed by atoms with Gasteiger partial charge in [0.25, 0.3) is 0 Å². The fraction of sp³-hybridized carbons (Fsp3) is 0.808. The first-order chi connectivity index (χ1) is 15.4. The van der Waals surface area contributed by atoms with E-state index in [2.05, 4.69) is 32.2 Å². The molecule has 4 aliphatic carbocycles. The molecule has 6 nitrogen and oxygen atoms in total. The molecular formula is C26H40O6Si. The van der Waals surface area contributed by atoms with E-state index in [1.165, 1.54) is 0 Å². The van der Waals surface area contributed by atoms with Crippen LogP contribution < -0.4 is 0 Å². The molecule has 0 saturated heterocycles. The summed E-state index contributed by atoms with van der Waals surface area (Å²) in [5.41, 5.74) is -1.21. The number of hydrogen-bond acceptors (Lipinski definition) is 6. The number of aliphatic hydroxyl groups excluding tert-OH is 2. The summed E-state index contributed by atoms with van der Waals surface area (Å²) in [6.07, 6.45) is 0.598. The highest BCUT2D eigenvalue weighted by Gasteiger charge is 2.76. The lowest BCUT2D eigenvalue weighted by atomic mass is 9.44. The molecule has 1 spiro atoms. The second-order valence-electron chi connectivity index (χ2n) is 12.8. The molecule has 4 fully saturated rings. The molecular weight excluding hydrogens is 436 g/mol. The van der Waals surface area contributed by atoms with Gasteiger partial charge in [0.05, 0.1) is 18.1 Å². The number of ether oxygens (including phenoxy) is 2. The Morgan fingerprint density at radius 2 is 1.94 bits per heavy atom. The van der Waals surface area contributed by atoms with Gasteiger partial charge in [-0.3, -0.25) is 4.79 Å². The third-order valence-corrected chi connectivity index (χ3v) is 11.0. The smallest absolute Gasteiger partial charge is 0.171 e. The molecule has 2 bridgehead atoms. The summed E-state index contributed by atoms with van der Waals surface area (Å²) in [5.74, 6) is 1.43. The Kier molecular flexibility index (Phi) is 6.26. The van der Waals surface area contributed by atoms with E-state index in [1.54, 1.807) is 0 Å². The van der Waals surface area contributed by atoms with Crippen molar-refractivity contribution in [3.63, 3.8) is 0 Å². The molecule has 0 aliphatic heterocycles. The zero-order chi connectivity index (χ0) is 24.4. The minimum Gasteiger partial charge on any atom is -0.395 e. The van der Waals surface area contributed by atoms with Crippen molar-refractivity contribution in [3.8, 4) is 0 Å². The SMILES string of the molecule is C=C1[C@@H]2CC[C@@H]3[C@](C2)(C(=O)[C@@H](OCOCC[Si](C)(C)C)[C@@H]2C(C)(C)CC(=C=O)[C@@]32CO)[C@@H]1O. The van der Waals surface area contributed by atoms with Crippen molar-refractivity contribution < 1.29 is 29.3 Å². The van der Waals surface area contributed by atoms with E-state index >= 15 is 0 Å². The summed E-state index contributed by atoms with van der Waals surface area (Å²) in [7, 11) is -1.26. The van der Waals surface area contributed by atoms with E-state index in [0.717, 1.165) is 12.5 Å². The Morgan fingerprint density at radius 3 is 2.55 bits per heavy atom. The Morgan fingerprint density at radius 1 is 1.24 bits per heavy atom. The van der Waals surface area contributed by atoms with Crippen LogP contribution in [0.1, 0.15) is 39.5 Å². The first-order valence-corrected chi connectivity index (χ1v) is 16.0. The maximum Gasteiger partial charge on any atom is 0.171 e. The Labute approximate surface area is 198 Å². The summed E-state index contributed by atoms with van der Waals surface area (Å²) < 4.78 is 12.0. The number of rotatable bonds is 7. The summed E-state index contributed by atoms with van der Waals surface area (Å²) in [4.78, 5) is 26.5. The number of aliphatic hydroxyl groups is 2. The first kappa shape index (κ1) is 25.0. The molecule has 4 saturated carbocycles. The number of ketones is 1. The van der Waals surface area contributed by atoms with Gasteiger partial charge in [-0.25, -0.2) is 4.79 Å². The van der Waals surface area contributed by atoms with Gasteiger partial charge in [-0.2, -0.15) is 0 Å². The van der Waals surface area contributed by atoms with Gasteiger partial charge in [-0.15, -0.1) is 0 Å². The first-order valence-electron chi connectivity index (χ1n) is 12.3. The highest BCUT2D eigenvalue weighted by Crippen LogP contribution is 2.73. The number of carbonyl (C=O) groups is 1. The van der Waals surface area contributed by atoms with Crippen molar-refractivity contribution in [1.29, 1.82) is 0 Å². The van der Waals surface area contributed by atoms with Crippen molar-refractivity contribution in [1.82, 2.24) is 0 Å². The maximum absolute atomic E-state index is 14.2. The van der Waals surface area contributed by atoms with Gasteiger partial charge in [-0.1, -0.05) is 40.1 Å². The number of carbonyl (C=O) groups excluding carboxylic acids is 2. The van der Waals surface area contributed by atoms with Crippen LogP contribution in [0.25, 0.3) is 0 Å². The van der Waals surface area contributed by atoms with Crippen LogP contribution in [0.3, 0.4) is 0 Å². The fourth-order valence-corrected chi connectivity index (χ4v) is 8.64. The van der Waals surface area contributed by atoms with Gasteiger partial charge < -0.3 is 19.7 Å². The average Bonchev–Trinajstić information content (AvgIpc) is 3.10. The van der Waals surface area contributed by atoms with Crippen LogP contribution in [0, 0.1) is 34.0 Å². The number of fused-ring (bicyclic) bond motifs is 3. The third-order valence-electron chi connectivity index (χ3n) is 9.32. The van der Waals surface area contributed by atoms with E-state index in [1.807, 2.05) is 13.8 Å². The summed E-state index contributed by atoms with van der Waals surface area (Å²) in [6, 6.07) is 0.995. The van der Waals surface area contributed by atoms with Crippen LogP contribution in [0.2, 0.25) is 25.7 Å². The summed E-state index contributed by atoms with van der Waals surface area (Å²) in [5, 5.41) is 22.3. The standard InChI is InChI=1S/C26H40O6Si/c1-16-17-7-8-19-25(11-17,22(16)29)23(30)20(32-15-31-9-10-33(4,5)6)21-24(2,3)12-18(13-27)26(19,21)14-28/h17,19-22,28-29H,1,7-12,14-15H2,2-6H3/t17-,19-,20+,21-,22-,25+,26+/m1/s1. The molecule has 2 N–H and O–H groups in total. The van der Waals surface area contributed by atoms with Gasteiger partial charge in [0, 0.05) is 31.6 Å². The van der Waals surface area contributed by atoms with E-state index in [-0.39, 0.29) is 36.9 Å². The largest absolute Gasteiger partial charge is 0.395 e. The van der Waals surface area contributed by atoms with Crippen LogP contribution in [-0.2, 0) is 19.1 Å². The highest BCUT2D eigenvalue weighted by molar-refractivity contribution is 6.76. The van der Waals surface area contributed by atoms with Gasteiger partial charge in [0.15, 0.2) is 5.78 Å². The van der Waals surface area contributed by atoms with Gasteiger partial charge in [0.1, 0.15) is 18.8 Å². The van der Waals surface area contributed by atoms with Crippen LogP contribution in [0.4, 0.5) is 0 Å². The Balaban J connectivity index is 1.74. The molecule has 0 radical (unpaired) electrons. The molecule has 0 aromatic carbocycles. The predicted octanol–water partition coefficient (Wildman–Crippen LogP) is 3.38. The molecule has 0 amide bonds. The molecule has 0 aromatic heterocycles. The average molecular weight is 477 g/mol.